The Morgan fingerprint density at radius 2 is 1.32 bits per heavy atom. The summed E-state index contributed by atoms with van der Waals surface area (Å²) in [7, 11) is 0. The summed E-state index contributed by atoms with van der Waals surface area (Å²) in [6.07, 6.45) is 27.3. The molecule has 1 fully saturated rings. The highest BCUT2D eigenvalue weighted by molar-refractivity contribution is 5.27. The zero-order valence-corrected chi connectivity index (χ0v) is 11.7. The average molecular weight is 252 g/mol. The van der Waals surface area contributed by atoms with Gasteiger partial charge in [0.15, 0.2) is 0 Å². The molecule has 1 saturated carbocycles. The third kappa shape index (κ3) is 3.59. The van der Waals surface area contributed by atoms with Crippen LogP contribution in [0.15, 0.2) is 59.8 Å². The van der Waals surface area contributed by atoms with Gasteiger partial charge in [0.2, 0.25) is 0 Å². The molecular formula is C19H24. The highest BCUT2D eigenvalue weighted by Crippen LogP contribution is 2.38. The fourth-order valence-corrected chi connectivity index (χ4v) is 3.39. The summed E-state index contributed by atoms with van der Waals surface area (Å²) in [4.78, 5) is 0. The zero-order valence-electron chi connectivity index (χ0n) is 11.7. The van der Waals surface area contributed by atoms with E-state index in [-0.39, 0.29) is 0 Å². The fourth-order valence-electron chi connectivity index (χ4n) is 3.39. The van der Waals surface area contributed by atoms with Gasteiger partial charge >= 0.3 is 0 Å². The van der Waals surface area contributed by atoms with Gasteiger partial charge in [-0.1, -0.05) is 59.8 Å². The van der Waals surface area contributed by atoms with Crippen LogP contribution in [0.4, 0.5) is 0 Å². The molecule has 0 N–H and O–H groups in total. The minimum Gasteiger partial charge on any atom is -0.0851 e. The van der Waals surface area contributed by atoms with Crippen LogP contribution in [0.25, 0.3) is 0 Å². The van der Waals surface area contributed by atoms with Crippen molar-refractivity contribution in [2.24, 2.45) is 11.8 Å². The van der Waals surface area contributed by atoms with E-state index >= 15 is 0 Å². The van der Waals surface area contributed by atoms with Crippen LogP contribution in [-0.2, 0) is 0 Å². The lowest BCUT2D eigenvalue weighted by atomic mass is 10.0. The maximum atomic E-state index is 2.38. The first-order valence-corrected chi connectivity index (χ1v) is 7.77. The van der Waals surface area contributed by atoms with Crippen LogP contribution in [0, 0.1) is 11.8 Å². The second-order valence-corrected chi connectivity index (χ2v) is 6.13. The SMILES string of the molecule is C1=CC2CCC1C2.C1=CCC(CCC2=CC=CC2)=C1. The number of hydrogen-bond donors (Lipinski definition) is 0. The van der Waals surface area contributed by atoms with E-state index in [4.69, 9.17) is 0 Å². The minimum atomic E-state index is 0.991. The second-order valence-electron chi connectivity index (χ2n) is 6.13. The number of allylic oxidation sites excluding steroid dienone is 10. The average Bonchev–Trinajstić information content (AvgIpc) is 3.20. The summed E-state index contributed by atoms with van der Waals surface area (Å²) in [6, 6.07) is 0. The summed E-state index contributed by atoms with van der Waals surface area (Å²) in [6.45, 7) is 0. The molecule has 0 heterocycles. The first-order valence-electron chi connectivity index (χ1n) is 7.77. The van der Waals surface area contributed by atoms with Crippen molar-refractivity contribution in [3.63, 3.8) is 0 Å². The molecule has 0 heteroatoms. The maximum absolute atomic E-state index is 2.38. The normalized spacial score (nSPS) is 29.5. The Labute approximate surface area is 117 Å². The van der Waals surface area contributed by atoms with E-state index in [1.165, 1.54) is 44.9 Å². The van der Waals surface area contributed by atoms with Crippen LogP contribution in [0.5, 0.6) is 0 Å². The maximum Gasteiger partial charge on any atom is -0.0132 e. The molecule has 0 aliphatic heterocycles. The largest absolute Gasteiger partial charge is 0.0851 e. The van der Waals surface area contributed by atoms with Crippen LogP contribution >= 0.6 is 0 Å². The van der Waals surface area contributed by atoms with Crippen LogP contribution in [0.3, 0.4) is 0 Å². The predicted octanol–water partition coefficient (Wildman–Crippen LogP) is 5.51. The molecule has 0 aromatic heterocycles. The van der Waals surface area contributed by atoms with E-state index in [9.17, 15) is 0 Å². The lowest BCUT2D eigenvalue weighted by Gasteiger charge is -2.02. The fraction of sp³-hybridized carbons (Fsp3) is 0.474. The third-order valence-electron chi connectivity index (χ3n) is 4.63. The van der Waals surface area contributed by atoms with Crippen LogP contribution in [-0.4, -0.2) is 0 Å². The second kappa shape index (κ2) is 6.23. The van der Waals surface area contributed by atoms with Crippen molar-refractivity contribution in [2.45, 2.75) is 44.9 Å². The van der Waals surface area contributed by atoms with E-state index in [0.29, 0.717) is 0 Å². The summed E-state index contributed by atoms with van der Waals surface area (Å²) in [5.74, 6) is 1.98. The molecule has 0 amide bonds. The Kier molecular flexibility index (Phi) is 4.17. The summed E-state index contributed by atoms with van der Waals surface area (Å²) < 4.78 is 0. The number of hydrogen-bond acceptors (Lipinski definition) is 0. The quantitative estimate of drug-likeness (QED) is 0.581. The molecule has 0 aromatic carbocycles. The Balaban J connectivity index is 0.000000132. The first kappa shape index (κ1) is 12.7. The van der Waals surface area contributed by atoms with E-state index in [2.05, 4.69) is 48.6 Å². The molecule has 100 valence electrons. The van der Waals surface area contributed by atoms with Gasteiger partial charge in [-0.3, -0.25) is 0 Å². The topological polar surface area (TPSA) is 0 Å². The molecule has 0 radical (unpaired) electrons. The molecule has 19 heavy (non-hydrogen) atoms. The monoisotopic (exact) mass is 252 g/mol. The highest BCUT2D eigenvalue weighted by Gasteiger charge is 2.25. The summed E-state index contributed by atoms with van der Waals surface area (Å²) in [5, 5.41) is 0. The molecule has 0 spiro atoms. The van der Waals surface area contributed by atoms with Crippen molar-refractivity contribution in [1.29, 1.82) is 0 Å². The molecule has 2 bridgehead atoms. The number of rotatable bonds is 3. The first-order chi connectivity index (χ1) is 9.40. The van der Waals surface area contributed by atoms with E-state index in [0.717, 1.165) is 11.8 Å². The molecule has 2 unspecified atom stereocenters. The van der Waals surface area contributed by atoms with Gasteiger partial charge in [0.25, 0.3) is 0 Å². The summed E-state index contributed by atoms with van der Waals surface area (Å²) in [5.41, 5.74) is 3.17. The van der Waals surface area contributed by atoms with Crippen molar-refractivity contribution >= 4 is 0 Å². The van der Waals surface area contributed by atoms with Gasteiger partial charge < -0.3 is 0 Å². The van der Waals surface area contributed by atoms with Gasteiger partial charge in [-0.2, -0.15) is 0 Å². The minimum absolute atomic E-state index is 0.991. The van der Waals surface area contributed by atoms with Crippen molar-refractivity contribution < 1.29 is 0 Å². The van der Waals surface area contributed by atoms with E-state index in [1.54, 1.807) is 11.1 Å². The van der Waals surface area contributed by atoms with Crippen LogP contribution in [0.2, 0.25) is 0 Å². The standard InChI is InChI=1S/C12H14.C7H10/c1-2-6-11(5-1)9-10-12-7-3-4-8-12;1-2-7-4-3-6(1)5-7/h1-5,7H,6,8-10H2;1-2,6-7H,3-5H2. The van der Waals surface area contributed by atoms with Crippen molar-refractivity contribution in [1.82, 2.24) is 0 Å². The van der Waals surface area contributed by atoms with Crippen molar-refractivity contribution in [3.8, 4) is 0 Å². The van der Waals surface area contributed by atoms with Gasteiger partial charge in [0.1, 0.15) is 0 Å². The molecular weight excluding hydrogens is 228 g/mol. The summed E-state index contributed by atoms with van der Waals surface area (Å²) >= 11 is 0. The Hall–Kier alpha value is -1.30. The molecule has 0 saturated heterocycles. The van der Waals surface area contributed by atoms with Crippen molar-refractivity contribution in [3.05, 3.63) is 59.8 Å². The van der Waals surface area contributed by atoms with Crippen molar-refractivity contribution in [2.75, 3.05) is 0 Å². The Morgan fingerprint density at radius 3 is 1.58 bits per heavy atom. The van der Waals surface area contributed by atoms with Gasteiger partial charge in [-0.05, 0) is 56.8 Å². The smallest absolute Gasteiger partial charge is 0.0132 e. The number of fused-ring (bicyclic) bond motifs is 2. The van der Waals surface area contributed by atoms with Gasteiger partial charge in [0, 0.05) is 0 Å². The molecule has 4 aliphatic rings. The molecule has 4 aliphatic carbocycles. The van der Waals surface area contributed by atoms with Gasteiger partial charge in [0.05, 0.1) is 0 Å². The lowest BCUT2D eigenvalue weighted by Crippen LogP contribution is -1.82. The Bertz CT molecular complexity index is 414. The molecule has 0 aromatic rings. The highest BCUT2D eigenvalue weighted by atomic mass is 14.3. The molecule has 0 nitrogen and oxygen atoms in total. The zero-order chi connectivity index (χ0) is 12.9. The van der Waals surface area contributed by atoms with Gasteiger partial charge in [-0.25, -0.2) is 0 Å². The van der Waals surface area contributed by atoms with E-state index < -0.39 is 0 Å². The molecule has 2 atom stereocenters. The van der Waals surface area contributed by atoms with E-state index in [1.807, 2.05) is 0 Å². The Morgan fingerprint density at radius 1 is 0.789 bits per heavy atom. The molecule has 4 rings (SSSR count). The van der Waals surface area contributed by atoms with Gasteiger partial charge in [-0.15, -0.1) is 0 Å². The van der Waals surface area contributed by atoms with Crippen LogP contribution < -0.4 is 0 Å². The third-order valence-corrected chi connectivity index (χ3v) is 4.63. The predicted molar refractivity (Wildman–Crippen MR) is 82.9 cm³/mol. The van der Waals surface area contributed by atoms with Crippen LogP contribution in [0.1, 0.15) is 44.9 Å². The lowest BCUT2D eigenvalue weighted by molar-refractivity contribution is 0.691.